The maximum atomic E-state index is 12.4. The maximum absolute atomic E-state index is 12.4. The average Bonchev–Trinajstić information content (AvgIpc) is 3.49. The number of ether oxygens (including phenoxy) is 1. The van der Waals surface area contributed by atoms with Gasteiger partial charge in [-0.2, -0.15) is 18.3 Å². The van der Waals surface area contributed by atoms with E-state index < -0.39 is 12.8 Å². The van der Waals surface area contributed by atoms with Crippen molar-refractivity contribution in [3.05, 3.63) is 90.4 Å². The number of nitrogens with zero attached hydrogens (tertiary/aromatic N) is 4. The van der Waals surface area contributed by atoms with Crippen LogP contribution in [0.2, 0.25) is 0 Å². The molecule has 0 saturated carbocycles. The van der Waals surface area contributed by atoms with Crippen LogP contribution in [-0.2, 0) is 0 Å². The number of aromatic nitrogens is 2. The lowest BCUT2D eigenvalue weighted by atomic mass is 9.84. The zero-order chi connectivity index (χ0) is 24.7. The van der Waals surface area contributed by atoms with Crippen LogP contribution in [0.15, 0.2) is 84.2 Å². The number of alkyl halides is 3. The molecule has 6 rings (SSSR count). The number of hydrogen-bond acceptors (Lipinski definition) is 5. The standard InChI is InChI=1S/C28H23F3N4O/c29-28(30,31)17-36-20-9-6-18(7-10-20)19-8-11-21-22(12-14-33-24(21)16-19)26-25-5-3-15-35(25)34-27(26)23-4-1-2-13-32-23/h1-2,4,6-14,16,25-26H,3,5,15,17H2. The smallest absolute Gasteiger partial charge is 0.422 e. The Labute approximate surface area is 206 Å². The Morgan fingerprint density at radius 1 is 0.917 bits per heavy atom. The quantitative estimate of drug-likeness (QED) is 0.336. The second-order valence-corrected chi connectivity index (χ2v) is 9.11. The fourth-order valence-electron chi connectivity index (χ4n) is 5.23. The van der Waals surface area contributed by atoms with Gasteiger partial charge in [-0.3, -0.25) is 15.0 Å². The first-order chi connectivity index (χ1) is 17.5. The van der Waals surface area contributed by atoms with Gasteiger partial charge in [0.1, 0.15) is 5.75 Å². The van der Waals surface area contributed by atoms with Gasteiger partial charge in [-0.25, -0.2) is 0 Å². The van der Waals surface area contributed by atoms with E-state index in [9.17, 15) is 13.2 Å². The number of pyridine rings is 2. The van der Waals surface area contributed by atoms with Gasteiger partial charge in [-0.1, -0.05) is 30.3 Å². The van der Waals surface area contributed by atoms with E-state index in [-0.39, 0.29) is 11.7 Å². The Balaban J connectivity index is 1.34. The minimum Gasteiger partial charge on any atom is -0.484 e. The minimum atomic E-state index is -4.36. The molecule has 2 aliphatic heterocycles. The lowest BCUT2D eigenvalue weighted by molar-refractivity contribution is -0.153. The van der Waals surface area contributed by atoms with Gasteiger partial charge < -0.3 is 4.74 Å². The molecule has 0 radical (unpaired) electrons. The Bertz CT molecular complexity index is 1420. The lowest BCUT2D eigenvalue weighted by Gasteiger charge is -2.22. The summed E-state index contributed by atoms with van der Waals surface area (Å²) < 4.78 is 42.1. The van der Waals surface area contributed by atoms with Crippen LogP contribution in [0.25, 0.3) is 22.0 Å². The van der Waals surface area contributed by atoms with Gasteiger partial charge >= 0.3 is 6.18 Å². The van der Waals surface area contributed by atoms with E-state index in [0.29, 0.717) is 6.04 Å². The van der Waals surface area contributed by atoms with E-state index in [2.05, 4.69) is 27.1 Å². The van der Waals surface area contributed by atoms with E-state index in [4.69, 9.17) is 9.84 Å². The first-order valence-electron chi connectivity index (χ1n) is 11.9. The van der Waals surface area contributed by atoms with Crippen molar-refractivity contribution in [3.8, 4) is 16.9 Å². The summed E-state index contributed by atoms with van der Waals surface area (Å²) in [7, 11) is 0. The van der Waals surface area contributed by atoms with Crippen LogP contribution in [0.4, 0.5) is 13.2 Å². The molecule has 0 N–H and O–H groups in total. The van der Waals surface area contributed by atoms with Crippen molar-refractivity contribution >= 4 is 16.6 Å². The minimum absolute atomic E-state index is 0.101. The van der Waals surface area contributed by atoms with Gasteiger partial charge in [0.05, 0.1) is 28.9 Å². The summed E-state index contributed by atoms with van der Waals surface area (Å²) in [5.74, 6) is 0.282. The molecule has 0 bridgehead atoms. The van der Waals surface area contributed by atoms with Gasteiger partial charge in [0.25, 0.3) is 0 Å². The number of hydrazone groups is 1. The summed E-state index contributed by atoms with van der Waals surface area (Å²) in [6.07, 6.45) is 1.47. The molecule has 2 aromatic carbocycles. The van der Waals surface area contributed by atoms with E-state index in [1.165, 1.54) is 5.56 Å². The molecule has 36 heavy (non-hydrogen) atoms. The SMILES string of the molecule is FC(F)(F)COc1ccc(-c2ccc3c(C4C(c5ccccn5)=NN5CCCC45)ccnc3c2)cc1. The normalized spacial score (nSPS) is 19.4. The molecule has 2 atom stereocenters. The van der Waals surface area contributed by atoms with E-state index in [1.807, 2.05) is 36.5 Å². The zero-order valence-electron chi connectivity index (χ0n) is 19.3. The molecular weight excluding hydrogens is 465 g/mol. The Morgan fingerprint density at radius 2 is 1.75 bits per heavy atom. The number of benzene rings is 2. The molecule has 1 saturated heterocycles. The van der Waals surface area contributed by atoms with Crippen LogP contribution in [0.3, 0.4) is 0 Å². The molecular formula is C28H23F3N4O. The van der Waals surface area contributed by atoms with Crippen molar-refractivity contribution < 1.29 is 17.9 Å². The Hall–Kier alpha value is -3.94. The predicted octanol–water partition coefficient (Wildman–Crippen LogP) is 6.20. The van der Waals surface area contributed by atoms with Crippen molar-refractivity contribution in [2.45, 2.75) is 31.0 Å². The number of fused-ring (bicyclic) bond motifs is 2. The predicted molar refractivity (Wildman–Crippen MR) is 132 cm³/mol. The van der Waals surface area contributed by atoms with Crippen molar-refractivity contribution in [2.24, 2.45) is 5.10 Å². The van der Waals surface area contributed by atoms with Gasteiger partial charge in [-0.05, 0) is 65.9 Å². The molecule has 4 aromatic rings. The van der Waals surface area contributed by atoms with Gasteiger partial charge in [0, 0.05) is 24.3 Å². The molecule has 182 valence electrons. The summed E-state index contributed by atoms with van der Waals surface area (Å²) in [6, 6.07) is 21.0. The van der Waals surface area contributed by atoms with Gasteiger partial charge in [-0.15, -0.1) is 0 Å². The highest BCUT2D eigenvalue weighted by atomic mass is 19.4. The topological polar surface area (TPSA) is 50.6 Å². The third-order valence-electron chi connectivity index (χ3n) is 6.81. The van der Waals surface area contributed by atoms with Crippen molar-refractivity contribution in [1.82, 2.24) is 15.0 Å². The lowest BCUT2D eigenvalue weighted by Crippen LogP contribution is -2.27. The van der Waals surface area contributed by atoms with Crippen LogP contribution in [0.5, 0.6) is 5.75 Å². The maximum Gasteiger partial charge on any atom is 0.422 e. The summed E-state index contributed by atoms with van der Waals surface area (Å²) in [4.78, 5) is 9.22. The zero-order valence-corrected chi connectivity index (χ0v) is 19.3. The van der Waals surface area contributed by atoms with E-state index in [0.717, 1.165) is 52.8 Å². The average molecular weight is 489 g/mol. The van der Waals surface area contributed by atoms with Gasteiger partial charge in [0.15, 0.2) is 6.61 Å². The fourth-order valence-corrected chi connectivity index (χ4v) is 5.23. The fraction of sp³-hybridized carbons (Fsp3) is 0.250. The molecule has 0 aliphatic carbocycles. The summed E-state index contributed by atoms with van der Waals surface area (Å²) >= 11 is 0. The second kappa shape index (κ2) is 8.93. The Kier molecular flexibility index (Phi) is 5.59. The van der Waals surface area contributed by atoms with Crippen molar-refractivity contribution in [3.63, 3.8) is 0 Å². The highest BCUT2D eigenvalue weighted by Gasteiger charge is 2.42. The summed E-state index contributed by atoms with van der Waals surface area (Å²) in [5.41, 5.74) is 5.74. The van der Waals surface area contributed by atoms with Gasteiger partial charge in [0.2, 0.25) is 0 Å². The molecule has 4 heterocycles. The molecule has 5 nitrogen and oxygen atoms in total. The van der Waals surface area contributed by atoms with E-state index >= 15 is 0 Å². The molecule has 1 fully saturated rings. The highest BCUT2D eigenvalue weighted by molar-refractivity contribution is 6.07. The van der Waals surface area contributed by atoms with E-state index in [1.54, 1.807) is 30.5 Å². The third-order valence-corrected chi connectivity index (χ3v) is 6.81. The molecule has 2 unspecified atom stereocenters. The largest absolute Gasteiger partial charge is 0.484 e. The Morgan fingerprint density at radius 3 is 2.53 bits per heavy atom. The number of halogens is 3. The summed E-state index contributed by atoms with van der Waals surface area (Å²) in [5, 5.41) is 8.24. The first-order valence-corrected chi connectivity index (χ1v) is 11.9. The number of rotatable bonds is 5. The van der Waals surface area contributed by atoms with Crippen LogP contribution >= 0.6 is 0 Å². The first kappa shape index (κ1) is 22.5. The van der Waals surface area contributed by atoms with Crippen LogP contribution < -0.4 is 4.74 Å². The summed E-state index contributed by atoms with van der Waals surface area (Å²) in [6.45, 7) is -0.355. The third kappa shape index (κ3) is 4.27. The molecule has 2 aliphatic rings. The molecule has 0 amide bonds. The molecule has 8 heteroatoms. The van der Waals surface area contributed by atoms with Crippen LogP contribution in [-0.4, -0.2) is 46.1 Å². The van der Waals surface area contributed by atoms with Crippen molar-refractivity contribution in [1.29, 1.82) is 0 Å². The second-order valence-electron chi connectivity index (χ2n) is 9.11. The monoisotopic (exact) mass is 488 g/mol. The molecule has 0 spiro atoms. The highest BCUT2D eigenvalue weighted by Crippen LogP contribution is 2.41. The van der Waals surface area contributed by atoms with Crippen LogP contribution in [0.1, 0.15) is 30.0 Å². The number of hydrogen-bond donors (Lipinski definition) is 0. The molecule has 2 aromatic heterocycles. The van der Waals surface area contributed by atoms with Crippen LogP contribution in [0, 0.1) is 0 Å². The van der Waals surface area contributed by atoms with Crippen molar-refractivity contribution in [2.75, 3.05) is 13.2 Å².